The number of halogens is 1. The van der Waals surface area contributed by atoms with Gasteiger partial charge in [0.05, 0.1) is 28.8 Å². The van der Waals surface area contributed by atoms with Crippen molar-refractivity contribution in [2.75, 3.05) is 26.9 Å². The van der Waals surface area contributed by atoms with Crippen LogP contribution in [0.25, 0.3) is 6.08 Å². The molecule has 0 atom stereocenters. The molecule has 0 radical (unpaired) electrons. The van der Waals surface area contributed by atoms with Crippen LogP contribution in [0.3, 0.4) is 0 Å². The van der Waals surface area contributed by atoms with E-state index in [9.17, 15) is 19.5 Å². The Kier molecular flexibility index (Phi) is 10.4. The number of benzene rings is 2. The number of ether oxygens (including phenoxy) is 4. The van der Waals surface area contributed by atoms with E-state index in [1.165, 1.54) is 7.11 Å². The Morgan fingerprint density at radius 2 is 1.82 bits per heavy atom. The lowest BCUT2D eigenvalue weighted by atomic mass is 10.1. The standard InChI is InChI=1S/C27H26INO8S/c1-5-35-21(30)14-37-24-18(28)11-16(12-19(24)34-4)13-20-23(31)22(27(33)36-6-2)26(38-20)29-25(32)17-10-8-7-9-15(17)3/h7-13,31H,5-6,14H2,1-4H3/b20-13-,29-26?. The molecule has 1 amide bonds. The van der Waals surface area contributed by atoms with Crippen molar-refractivity contribution in [1.82, 2.24) is 0 Å². The van der Waals surface area contributed by atoms with Crippen LogP contribution in [0.4, 0.5) is 0 Å². The highest BCUT2D eigenvalue weighted by Crippen LogP contribution is 2.41. The number of aliphatic hydroxyl groups excluding tert-OH is 1. The van der Waals surface area contributed by atoms with E-state index in [2.05, 4.69) is 4.99 Å². The summed E-state index contributed by atoms with van der Waals surface area (Å²) >= 11 is 3.02. The lowest BCUT2D eigenvalue weighted by Crippen LogP contribution is -2.15. The Bertz CT molecular complexity index is 1350. The molecule has 0 saturated carbocycles. The number of aliphatic imine (C=N–C) groups is 1. The van der Waals surface area contributed by atoms with Crippen molar-refractivity contribution in [1.29, 1.82) is 0 Å². The zero-order valence-electron chi connectivity index (χ0n) is 21.2. The fourth-order valence-corrected chi connectivity index (χ4v) is 5.20. The average Bonchev–Trinajstić information content (AvgIpc) is 3.17. The molecular weight excluding hydrogens is 625 g/mol. The van der Waals surface area contributed by atoms with Gasteiger partial charge in [-0.15, -0.1) is 0 Å². The second-order valence-corrected chi connectivity index (χ2v) is 9.91. The second-order valence-electron chi connectivity index (χ2n) is 7.72. The summed E-state index contributed by atoms with van der Waals surface area (Å²) in [4.78, 5) is 41.7. The smallest absolute Gasteiger partial charge is 0.344 e. The first-order chi connectivity index (χ1) is 18.2. The van der Waals surface area contributed by atoms with Gasteiger partial charge in [0.15, 0.2) is 18.1 Å². The molecule has 0 aromatic heterocycles. The average molecular weight is 651 g/mol. The van der Waals surface area contributed by atoms with E-state index in [1.54, 1.807) is 57.2 Å². The van der Waals surface area contributed by atoms with Gasteiger partial charge in [-0.2, -0.15) is 0 Å². The largest absolute Gasteiger partial charge is 0.506 e. The number of amides is 1. The highest BCUT2D eigenvalue weighted by atomic mass is 127. The van der Waals surface area contributed by atoms with Crippen molar-refractivity contribution in [3.63, 3.8) is 0 Å². The molecule has 0 unspecified atom stereocenters. The van der Waals surface area contributed by atoms with Crippen molar-refractivity contribution >= 4 is 63.3 Å². The van der Waals surface area contributed by atoms with E-state index >= 15 is 0 Å². The molecule has 38 heavy (non-hydrogen) atoms. The van der Waals surface area contributed by atoms with E-state index in [4.69, 9.17) is 18.9 Å². The molecule has 1 aliphatic heterocycles. The first-order valence-corrected chi connectivity index (χ1v) is 13.4. The molecule has 0 saturated heterocycles. The third-order valence-electron chi connectivity index (χ3n) is 5.14. The molecule has 2 aromatic rings. The van der Waals surface area contributed by atoms with E-state index < -0.39 is 17.8 Å². The van der Waals surface area contributed by atoms with Gasteiger partial charge in [-0.1, -0.05) is 30.0 Å². The maximum Gasteiger partial charge on any atom is 0.344 e. The summed E-state index contributed by atoms with van der Waals surface area (Å²) in [5, 5.41) is 11.0. The number of thioether (sulfide) groups is 1. The molecule has 2 aromatic carbocycles. The third kappa shape index (κ3) is 6.95. The predicted molar refractivity (Wildman–Crippen MR) is 153 cm³/mol. The SMILES string of the molecule is CCOC(=O)COc1c(I)cc(/C=C2\SC(=NC(=O)c3ccccc3C)C(C(=O)OCC)=C2O)cc1OC. The van der Waals surface area contributed by atoms with E-state index in [0.29, 0.717) is 31.1 Å². The zero-order chi connectivity index (χ0) is 27.8. The van der Waals surface area contributed by atoms with Gasteiger partial charge in [0, 0.05) is 5.56 Å². The molecule has 3 rings (SSSR count). The van der Waals surface area contributed by atoms with Gasteiger partial charge in [0.2, 0.25) is 0 Å². The van der Waals surface area contributed by atoms with Crippen LogP contribution in [0, 0.1) is 10.5 Å². The lowest BCUT2D eigenvalue weighted by molar-refractivity contribution is -0.145. The lowest BCUT2D eigenvalue weighted by Gasteiger charge is -2.13. The van der Waals surface area contributed by atoms with Crippen LogP contribution < -0.4 is 9.47 Å². The molecule has 0 bridgehead atoms. The van der Waals surface area contributed by atoms with Crippen molar-refractivity contribution in [3.8, 4) is 11.5 Å². The van der Waals surface area contributed by atoms with Gasteiger partial charge in [0.1, 0.15) is 16.4 Å². The summed E-state index contributed by atoms with van der Waals surface area (Å²) in [6.45, 7) is 5.18. The van der Waals surface area contributed by atoms with Crippen LogP contribution in [-0.4, -0.2) is 54.9 Å². The van der Waals surface area contributed by atoms with Crippen LogP contribution in [0.2, 0.25) is 0 Å². The number of carbonyl (C=O) groups excluding carboxylic acids is 3. The molecule has 1 N–H and O–H groups in total. The Morgan fingerprint density at radius 3 is 2.47 bits per heavy atom. The van der Waals surface area contributed by atoms with E-state index in [1.807, 2.05) is 28.7 Å². The molecule has 0 spiro atoms. The maximum absolute atomic E-state index is 12.9. The molecule has 9 nitrogen and oxygen atoms in total. The van der Waals surface area contributed by atoms with Crippen LogP contribution in [0.1, 0.15) is 35.3 Å². The second kappa shape index (κ2) is 13.5. The first-order valence-electron chi connectivity index (χ1n) is 11.5. The van der Waals surface area contributed by atoms with Gasteiger partial charge >= 0.3 is 11.9 Å². The number of esters is 2. The van der Waals surface area contributed by atoms with Crippen molar-refractivity contribution in [2.24, 2.45) is 4.99 Å². The quantitative estimate of drug-likeness (QED) is 0.286. The topological polar surface area (TPSA) is 121 Å². The van der Waals surface area contributed by atoms with Crippen LogP contribution >= 0.6 is 34.4 Å². The molecule has 0 fully saturated rings. The summed E-state index contributed by atoms with van der Waals surface area (Å²) in [7, 11) is 1.46. The Labute approximate surface area is 238 Å². The van der Waals surface area contributed by atoms with Gasteiger partial charge in [-0.25, -0.2) is 14.6 Å². The number of methoxy groups -OCH3 is 1. The summed E-state index contributed by atoms with van der Waals surface area (Å²) in [5.74, 6) is -1.46. The molecule has 1 aliphatic rings. The van der Waals surface area contributed by atoms with Crippen LogP contribution in [0.5, 0.6) is 11.5 Å². The highest BCUT2D eigenvalue weighted by Gasteiger charge is 2.34. The Balaban J connectivity index is 1.99. The Morgan fingerprint density at radius 1 is 1.11 bits per heavy atom. The van der Waals surface area contributed by atoms with Gasteiger partial charge in [0.25, 0.3) is 5.91 Å². The van der Waals surface area contributed by atoms with E-state index in [-0.39, 0.29) is 36.2 Å². The minimum absolute atomic E-state index is 0.0384. The van der Waals surface area contributed by atoms with Gasteiger partial charge in [-0.05, 0) is 78.8 Å². The van der Waals surface area contributed by atoms with Crippen molar-refractivity contribution in [2.45, 2.75) is 20.8 Å². The zero-order valence-corrected chi connectivity index (χ0v) is 24.2. The predicted octanol–water partition coefficient (Wildman–Crippen LogP) is 5.25. The minimum Gasteiger partial charge on any atom is -0.506 e. The van der Waals surface area contributed by atoms with Gasteiger partial charge < -0.3 is 24.1 Å². The molecule has 11 heteroatoms. The van der Waals surface area contributed by atoms with E-state index in [0.717, 1.165) is 17.3 Å². The van der Waals surface area contributed by atoms with Crippen LogP contribution in [0.15, 0.2) is 57.6 Å². The number of carbonyl (C=O) groups is 3. The number of rotatable bonds is 9. The summed E-state index contributed by atoms with van der Waals surface area (Å²) < 4.78 is 21.7. The summed E-state index contributed by atoms with van der Waals surface area (Å²) in [5.41, 5.74) is 1.55. The third-order valence-corrected chi connectivity index (χ3v) is 6.96. The molecular formula is C27H26INO8S. The van der Waals surface area contributed by atoms with Crippen LogP contribution in [-0.2, 0) is 19.1 Å². The Hall–Kier alpha value is -3.32. The number of aliphatic hydroxyl groups is 1. The normalized spacial score (nSPS) is 15.1. The fraction of sp³-hybridized carbons (Fsp3) is 0.259. The molecule has 1 heterocycles. The highest BCUT2D eigenvalue weighted by molar-refractivity contribution is 14.1. The van der Waals surface area contributed by atoms with Gasteiger partial charge in [-0.3, -0.25) is 4.79 Å². The minimum atomic E-state index is -0.785. The number of hydrogen-bond donors (Lipinski definition) is 1. The summed E-state index contributed by atoms with van der Waals surface area (Å²) in [6.07, 6.45) is 1.62. The number of aryl methyl sites for hydroxylation is 1. The first kappa shape index (κ1) is 29.2. The maximum atomic E-state index is 12.9. The number of nitrogens with zero attached hydrogens (tertiary/aromatic N) is 1. The van der Waals surface area contributed by atoms with Crippen molar-refractivity contribution in [3.05, 3.63) is 72.9 Å². The molecule has 200 valence electrons. The van der Waals surface area contributed by atoms with Crippen molar-refractivity contribution < 1.29 is 38.4 Å². The summed E-state index contributed by atoms with van der Waals surface area (Å²) in [6, 6.07) is 10.4. The monoisotopic (exact) mass is 651 g/mol. The number of hydrogen-bond acceptors (Lipinski definition) is 9. The fourth-order valence-electron chi connectivity index (χ4n) is 3.41. The molecule has 0 aliphatic carbocycles.